The molecule has 0 bridgehead atoms. The molecule has 0 N–H and O–H groups in total. The molecule has 9 nitrogen and oxygen atoms in total. The SMILES string of the molecule is CN(C)C(=O)N1CCN([C@H]2c3ccc(Cl)cc3CCc3cc(Br)cnc32)C[C@@H]1C(=O)N(CCCn1ccnc1)Cc1ccccc1. The van der Waals surface area contributed by atoms with Crippen molar-refractivity contribution in [2.24, 2.45) is 0 Å². The van der Waals surface area contributed by atoms with Crippen molar-refractivity contribution in [2.75, 3.05) is 40.3 Å². The molecule has 1 aliphatic carbocycles. The van der Waals surface area contributed by atoms with Crippen molar-refractivity contribution in [2.45, 2.75) is 44.4 Å². The maximum atomic E-state index is 14.7. The summed E-state index contributed by atoms with van der Waals surface area (Å²) in [5, 5.41) is 0.708. The lowest BCUT2D eigenvalue weighted by Crippen LogP contribution is -2.63. The normalized spacial score (nSPS) is 18.0. The van der Waals surface area contributed by atoms with E-state index in [9.17, 15) is 9.59 Å². The smallest absolute Gasteiger partial charge is 0.320 e. The highest BCUT2D eigenvalue weighted by atomic mass is 79.9. The fraction of sp³-hybridized carbons (Fsp3) is 0.371. The predicted octanol–water partition coefficient (Wildman–Crippen LogP) is 5.67. The van der Waals surface area contributed by atoms with Crippen LogP contribution in [0.25, 0.3) is 0 Å². The number of aryl methyl sites for hydroxylation is 3. The number of pyridine rings is 1. The van der Waals surface area contributed by atoms with Crippen LogP contribution >= 0.6 is 27.5 Å². The molecule has 1 aliphatic heterocycles. The van der Waals surface area contributed by atoms with E-state index in [0.717, 1.165) is 47.1 Å². The predicted molar refractivity (Wildman–Crippen MR) is 182 cm³/mol. The molecule has 46 heavy (non-hydrogen) atoms. The third-order valence-corrected chi connectivity index (χ3v) is 9.58. The molecular weight excluding hydrogens is 666 g/mol. The van der Waals surface area contributed by atoms with Gasteiger partial charge in [-0.2, -0.15) is 0 Å². The van der Waals surface area contributed by atoms with Gasteiger partial charge >= 0.3 is 6.03 Å². The fourth-order valence-electron chi connectivity index (χ4n) is 6.66. The molecule has 6 rings (SSSR count). The van der Waals surface area contributed by atoms with Crippen LogP contribution in [-0.2, 0) is 30.7 Å². The summed E-state index contributed by atoms with van der Waals surface area (Å²) < 4.78 is 2.96. The highest BCUT2D eigenvalue weighted by Gasteiger charge is 2.42. The average molecular weight is 705 g/mol. The van der Waals surface area contributed by atoms with Crippen LogP contribution in [0.1, 0.15) is 40.4 Å². The van der Waals surface area contributed by atoms with Crippen molar-refractivity contribution >= 4 is 39.5 Å². The van der Waals surface area contributed by atoms with Gasteiger partial charge in [0, 0.05) is 81.4 Å². The standard InChI is InChI=1S/C35H39BrClN7O2/c1-40(2)35(46)44-18-17-42(33-30-12-11-29(37)20-26(30)9-10-27-19-28(36)21-39-32(27)33)23-31(44)34(45)43(22-25-7-4-3-5-8-25)15-6-14-41-16-13-38-24-41/h3-5,7-8,11-13,16,19-21,24,31,33H,6,9-10,14-15,17-18,22-23H2,1-2H3/t31-,33+/m1/s1. The zero-order valence-corrected chi connectivity index (χ0v) is 28.6. The van der Waals surface area contributed by atoms with E-state index < -0.39 is 6.04 Å². The van der Waals surface area contributed by atoms with Gasteiger partial charge in [-0.05, 0) is 75.6 Å². The summed E-state index contributed by atoms with van der Waals surface area (Å²) in [5.74, 6) is -0.0525. The van der Waals surface area contributed by atoms with Gasteiger partial charge in [0.25, 0.3) is 0 Å². The monoisotopic (exact) mass is 703 g/mol. The first kappa shape index (κ1) is 32.2. The minimum Gasteiger partial charge on any atom is -0.337 e. The van der Waals surface area contributed by atoms with Gasteiger partial charge in [0.15, 0.2) is 0 Å². The minimum absolute atomic E-state index is 0.0525. The van der Waals surface area contributed by atoms with Crippen LogP contribution in [0, 0.1) is 0 Å². The van der Waals surface area contributed by atoms with Gasteiger partial charge in [0.1, 0.15) is 6.04 Å². The van der Waals surface area contributed by atoms with Crippen LogP contribution in [0.2, 0.25) is 5.02 Å². The number of benzene rings is 2. The molecule has 11 heteroatoms. The van der Waals surface area contributed by atoms with Crippen LogP contribution in [0.15, 0.2) is 84.0 Å². The second-order valence-corrected chi connectivity index (χ2v) is 13.6. The molecule has 1 saturated heterocycles. The minimum atomic E-state index is -0.668. The van der Waals surface area contributed by atoms with Crippen LogP contribution in [0.4, 0.5) is 4.79 Å². The summed E-state index contributed by atoms with van der Waals surface area (Å²) in [4.78, 5) is 45.0. The molecule has 2 aliphatic rings. The number of nitrogens with zero attached hydrogens (tertiary/aromatic N) is 7. The van der Waals surface area contributed by atoms with Crippen molar-refractivity contribution in [3.05, 3.63) is 117 Å². The molecule has 0 saturated carbocycles. The second kappa shape index (κ2) is 14.4. The maximum absolute atomic E-state index is 14.7. The third-order valence-electron chi connectivity index (χ3n) is 8.91. The number of rotatable bonds is 8. The van der Waals surface area contributed by atoms with Crippen LogP contribution < -0.4 is 0 Å². The van der Waals surface area contributed by atoms with Gasteiger partial charge in [0.05, 0.1) is 18.1 Å². The van der Waals surface area contributed by atoms with E-state index in [0.29, 0.717) is 37.7 Å². The summed E-state index contributed by atoms with van der Waals surface area (Å²) in [5.41, 5.74) is 5.55. The van der Waals surface area contributed by atoms with Crippen molar-refractivity contribution < 1.29 is 9.59 Å². The number of hydrogen-bond donors (Lipinski definition) is 0. The van der Waals surface area contributed by atoms with Crippen molar-refractivity contribution in [3.63, 3.8) is 0 Å². The first-order valence-corrected chi connectivity index (χ1v) is 16.9. The third kappa shape index (κ3) is 7.14. The van der Waals surface area contributed by atoms with Gasteiger partial charge < -0.3 is 19.3 Å². The Morgan fingerprint density at radius 3 is 2.61 bits per heavy atom. The Kier molecular flexibility index (Phi) is 10.1. The lowest BCUT2D eigenvalue weighted by molar-refractivity contribution is -0.139. The van der Waals surface area contributed by atoms with E-state index in [-0.39, 0.29) is 18.0 Å². The highest BCUT2D eigenvalue weighted by Crippen LogP contribution is 2.38. The van der Waals surface area contributed by atoms with E-state index in [1.807, 2.05) is 58.3 Å². The summed E-state index contributed by atoms with van der Waals surface area (Å²) in [7, 11) is 3.48. The topological polar surface area (TPSA) is 77.8 Å². The molecule has 1 fully saturated rings. The summed E-state index contributed by atoms with van der Waals surface area (Å²) in [6.07, 6.45) is 9.79. The van der Waals surface area contributed by atoms with E-state index in [1.54, 1.807) is 36.4 Å². The number of hydrogen-bond acceptors (Lipinski definition) is 5. The maximum Gasteiger partial charge on any atom is 0.320 e. The van der Waals surface area contributed by atoms with Crippen molar-refractivity contribution in [1.82, 2.24) is 34.1 Å². The molecule has 2 aromatic carbocycles. The Bertz CT molecular complexity index is 1610. The Morgan fingerprint density at radius 1 is 1.04 bits per heavy atom. The molecule has 0 spiro atoms. The number of amides is 3. The lowest BCUT2D eigenvalue weighted by atomic mass is 9.95. The quantitative estimate of drug-likeness (QED) is 0.237. The summed E-state index contributed by atoms with van der Waals surface area (Å²) >= 11 is 10.1. The van der Waals surface area contributed by atoms with E-state index in [4.69, 9.17) is 16.6 Å². The van der Waals surface area contributed by atoms with Gasteiger partial charge in [-0.1, -0.05) is 48.0 Å². The second-order valence-electron chi connectivity index (χ2n) is 12.2. The van der Waals surface area contributed by atoms with Crippen LogP contribution in [0.5, 0.6) is 0 Å². The zero-order valence-electron chi connectivity index (χ0n) is 26.2. The van der Waals surface area contributed by atoms with Gasteiger partial charge in [-0.25, -0.2) is 9.78 Å². The van der Waals surface area contributed by atoms with E-state index in [1.165, 1.54) is 11.1 Å². The highest BCUT2D eigenvalue weighted by molar-refractivity contribution is 9.10. The summed E-state index contributed by atoms with van der Waals surface area (Å²) in [6, 6.07) is 17.3. The molecule has 0 unspecified atom stereocenters. The zero-order chi connectivity index (χ0) is 32.2. The van der Waals surface area contributed by atoms with Crippen LogP contribution in [-0.4, -0.2) is 92.4 Å². The molecular formula is C35H39BrClN7O2. The van der Waals surface area contributed by atoms with E-state index in [2.05, 4.69) is 44.0 Å². The lowest BCUT2D eigenvalue weighted by Gasteiger charge is -2.45. The Hall–Kier alpha value is -3.73. The van der Waals surface area contributed by atoms with Gasteiger partial charge in [0.2, 0.25) is 5.91 Å². The molecule has 2 atom stereocenters. The van der Waals surface area contributed by atoms with E-state index >= 15 is 0 Å². The van der Waals surface area contributed by atoms with Crippen molar-refractivity contribution in [1.29, 1.82) is 0 Å². The molecule has 3 heterocycles. The summed E-state index contributed by atoms with van der Waals surface area (Å²) in [6.45, 7) is 3.17. The number of carbonyl (C=O) groups excluding carboxylic acids is 2. The molecule has 3 amide bonds. The first-order valence-electron chi connectivity index (χ1n) is 15.7. The Morgan fingerprint density at radius 2 is 1.85 bits per heavy atom. The fourth-order valence-corrected chi connectivity index (χ4v) is 7.24. The molecule has 2 aromatic heterocycles. The number of halogens is 2. The van der Waals surface area contributed by atoms with Crippen LogP contribution in [0.3, 0.4) is 0 Å². The molecule has 0 radical (unpaired) electrons. The molecule has 4 aromatic rings. The van der Waals surface area contributed by atoms with Gasteiger partial charge in [-0.15, -0.1) is 0 Å². The number of fused-ring (bicyclic) bond motifs is 2. The largest absolute Gasteiger partial charge is 0.337 e. The average Bonchev–Trinajstić information content (AvgIpc) is 3.53. The number of carbonyl (C=O) groups is 2. The Balaban J connectivity index is 1.35. The number of aromatic nitrogens is 3. The number of piperazine rings is 1. The van der Waals surface area contributed by atoms with Crippen molar-refractivity contribution in [3.8, 4) is 0 Å². The number of urea groups is 1. The van der Waals surface area contributed by atoms with Gasteiger partial charge in [-0.3, -0.25) is 14.7 Å². The first-order chi connectivity index (χ1) is 22.3. The molecule has 240 valence electrons. The Labute approximate surface area is 283 Å². The number of imidazole rings is 1.